The number of amides is 1. The molecule has 4 aromatic rings. The smallest absolute Gasteiger partial charge is 0.211 e. The molecule has 3 N–H and O–H groups in total. The molecule has 0 spiro atoms. The van der Waals surface area contributed by atoms with Gasteiger partial charge in [0.15, 0.2) is 0 Å². The van der Waals surface area contributed by atoms with Crippen molar-refractivity contribution in [1.82, 2.24) is 0 Å². The van der Waals surface area contributed by atoms with Crippen LogP contribution >= 0.6 is 0 Å². The number of hydrogen-bond donors (Lipinski definition) is 3. The predicted molar refractivity (Wildman–Crippen MR) is 121 cm³/mol. The number of aryl methyl sites for hydroxylation is 1. The lowest BCUT2D eigenvalue weighted by molar-refractivity contribution is -0.105. The first-order chi connectivity index (χ1) is 14.1. The molecule has 146 valence electrons. The largest absolute Gasteiger partial charge is 0.508 e. The SMILES string of the molecule is CNc1cccc(-c2ccccc2)c1.Cc1ccc2ccc(O)cc2c1NC=O. The molecule has 4 rings (SSSR count). The number of benzene rings is 4. The fourth-order valence-corrected chi connectivity index (χ4v) is 3.15. The van der Waals surface area contributed by atoms with Crippen LogP contribution in [0.5, 0.6) is 5.75 Å². The van der Waals surface area contributed by atoms with Crippen LogP contribution in [0.15, 0.2) is 84.9 Å². The van der Waals surface area contributed by atoms with E-state index in [1.165, 1.54) is 11.1 Å². The first kappa shape index (κ1) is 20.0. The Morgan fingerprint density at radius 2 is 1.55 bits per heavy atom. The molecule has 0 fully saturated rings. The summed E-state index contributed by atoms with van der Waals surface area (Å²) in [6.07, 6.45) is 0.645. The average molecular weight is 384 g/mol. The Bertz CT molecular complexity index is 1100. The van der Waals surface area contributed by atoms with Crippen molar-refractivity contribution >= 4 is 28.6 Å². The molecule has 0 saturated carbocycles. The van der Waals surface area contributed by atoms with Gasteiger partial charge in [0.1, 0.15) is 5.75 Å². The molecule has 29 heavy (non-hydrogen) atoms. The number of fused-ring (bicyclic) bond motifs is 1. The summed E-state index contributed by atoms with van der Waals surface area (Å²) in [5.74, 6) is 0.196. The molecular weight excluding hydrogens is 360 g/mol. The fraction of sp³-hybridized carbons (Fsp3) is 0.0800. The lowest BCUT2D eigenvalue weighted by Gasteiger charge is -2.08. The van der Waals surface area contributed by atoms with Crippen LogP contribution in [-0.4, -0.2) is 18.6 Å². The van der Waals surface area contributed by atoms with Gasteiger partial charge in [-0.15, -0.1) is 0 Å². The van der Waals surface area contributed by atoms with Crippen LogP contribution in [0.1, 0.15) is 5.56 Å². The van der Waals surface area contributed by atoms with Crippen molar-refractivity contribution in [3.05, 3.63) is 90.5 Å². The number of carbonyl (C=O) groups excluding carboxylic acids is 1. The van der Waals surface area contributed by atoms with Gasteiger partial charge in [-0.3, -0.25) is 4.79 Å². The van der Waals surface area contributed by atoms with E-state index < -0.39 is 0 Å². The molecular formula is C25H24N2O2. The van der Waals surface area contributed by atoms with E-state index >= 15 is 0 Å². The number of rotatable bonds is 4. The van der Waals surface area contributed by atoms with Crippen LogP contribution in [0.25, 0.3) is 21.9 Å². The number of nitrogens with one attached hydrogen (secondary N) is 2. The van der Waals surface area contributed by atoms with Crippen molar-refractivity contribution in [3.8, 4) is 16.9 Å². The number of hydrogen-bond acceptors (Lipinski definition) is 3. The summed E-state index contributed by atoms with van der Waals surface area (Å²) < 4.78 is 0. The molecule has 0 atom stereocenters. The Hall–Kier alpha value is -3.79. The minimum Gasteiger partial charge on any atom is -0.508 e. The maximum absolute atomic E-state index is 10.5. The molecule has 0 saturated heterocycles. The van der Waals surface area contributed by atoms with Gasteiger partial charge < -0.3 is 15.7 Å². The lowest BCUT2D eigenvalue weighted by Crippen LogP contribution is -1.97. The van der Waals surface area contributed by atoms with Gasteiger partial charge in [-0.2, -0.15) is 0 Å². The van der Waals surface area contributed by atoms with Crippen LogP contribution in [0.3, 0.4) is 0 Å². The molecule has 0 aliphatic carbocycles. The maximum Gasteiger partial charge on any atom is 0.211 e. The third-order valence-corrected chi connectivity index (χ3v) is 4.68. The zero-order valence-corrected chi connectivity index (χ0v) is 16.5. The van der Waals surface area contributed by atoms with Gasteiger partial charge in [0, 0.05) is 18.1 Å². The Kier molecular flexibility index (Phi) is 6.48. The molecule has 0 aromatic heterocycles. The third kappa shape index (κ3) is 4.93. The average Bonchev–Trinajstić information content (AvgIpc) is 2.77. The number of carbonyl (C=O) groups is 1. The van der Waals surface area contributed by atoms with E-state index in [9.17, 15) is 9.90 Å². The zero-order chi connectivity index (χ0) is 20.6. The Labute approximate surface area is 170 Å². The quantitative estimate of drug-likeness (QED) is 0.389. The fourth-order valence-electron chi connectivity index (χ4n) is 3.15. The normalized spacial score (nSPS) is 10.0. The van der Waals surface area contributed by atoms with Gasteiger partial charge >= 0.3 is 0 Å². The van der Waals surface area contributed by atoms with E-state index in [0.717, 1.165) is 27.7 Å². The van der Waals surface area contributed by atoms with Gasteiger partial charge in [-0.05, 0) is 53.3 Å². The second-order valence-corrected chi connectivity index (χ2v) is 6.62. The summed E-state index contributed by atoms with van der Waals surface area (Å²) in [6.45, 7) is 1.91. The van der Waals surface area contributed by atoms with Crippen LogP contribution in [0.4, 0.5) is 11.4 Å². The number of phenols is 1. The summed E-state index contributed by atoms with van der Waals surface area (Å²) in [6, 6.07) is 27.8. The second-order valence-electron chi connectivity index (χ2n) is 6.62. The van der Waals surface area contributed by atoms with Gasteiger partial charge in [0.05, 0.1) is 5.69 Å². The van der Waals surface area contributed by atoms with E-state index in [1.807, 2.05) is 38.2 Å². The summed E-state index contributed by atoms with van der Waals surface area (Å²) >= 11 is 0. The Morgan fingerprint density at radius 3 is 2.28 bits per heavy atom. The van der Waals surface area contributed by atoms with Crippen molar-refractivity contribution in [2.45, 2.75) is 6.92 Å². The zero-order valence-electron chi connectivity index (χ0n) is 16.5. The van der Waals surface area contributed by atoms with Crippen molar-refractivity contribution in [1.29, 1.82) is 0 Å². The van der Waals surface area contributed by atoms with Crippen LogP contribution in [0.2, 0.25) is 0 Å². The van der Waals surface area contributed by atoms with Crippen molar-refractivity contribution in [3.63, 3.8) is 0 Å². The Balaban J connectivity index is 0.000000166. The number of aromatic hydroxyl groups is 1. The highest BCUT2D eigenvalue weighted by atomic mass is 16.3. The molecule has 0 bridgehead atoms. The molecule has 0 heterocycles. The van der Waals surface area contributed by atoms with Crippen LogP contribution in [-0.2, 0) is 4.79 Å². The van der Waals surface area contributed by atoms with Crippen molar-refractivity contribution < 1.29 is 9.90 Å². The highest BCUT2D eigenvalue weighted by Gasteiger charge is 2.04. The highest BCUT2D eigenvalue weighted by molar-refractivity contribution is 5.99. The predicted octanol–water partition coefficient (Wildman–Crippen LogP) is 5.82. The molecule has 0 unspecified atom stereocenters. The van der Waals surface area contributed by atoms with E-state index in [1.54, 1.807) is 12.1 Å². The van der Waals surface area contributed by atoms with Gasteiger partial charge in [0.2, 0.25) is 6.41 Å². The maximum atomic E-state index is 10.5. The summed E-state index contributed by atoms with van der Waals surface area (Å²) in [4.78, 5) is 10.5. The van der Waals surface area contributed by atoms with E-state index in [4.69, 9.17) is 0 Å². The van der Waals surface area contributed by atoms with Crippen LogP contribution in [0, 0.1) is 6.92 Å². The molecule has 4 nitrogen and oxygen atoms in total. The second kappa shape index (κ2) is 9.42. The first-order valence-electron chi connectivity index (χ1n) is 9.38. The monoisotopic (exact) mass is 384 g/mol. The topological polar surface area (TPSA) is 61.4 Å². The van der Waals surface area contributed by atoms with Crippen molar-refractivity contribution in [2.75, 3.05) is 17.7 Å². The minimum absolute atomic E-state index is 0.196. The number of phenolic OH excluding ortho intramolecular Hbond substituents is 1. The van der Waals surface area contributed by atoms with Gasteiger partial charge in [-0.25, -0.2) is 0 Å². The van der Waals surface area contributed by atoms with Crippen molar-refractivity contribution in [2.24, 2.45) is 0 Å². The first-order valence-corrected chi connectivity index (χ1v) is 9.38. The minimum atomic E-state index is 0.196. The summed E-state index contributed by atoms with van der Waals surface area (Å²) in [7, 11) is 1.93. The number of anilines is 2. The van der Waals surface area contributed by atoms with E-state index in [-0.39, 0.29) is 5.75 Å². The van der Waals surface area contributed by atoms with Crippen LogP contribution < -0.4 is 10.6 Å². The third-order valence-electron chi connectivity index (χ3n) is 4.68. The van der Waals surface area contributed by atoms with Gasteiger partial charge in [0.25, 0.3) is 0 Å². The highest BCUT2D eigenvalue weighted by Crippen LogP contribution is 2.29. The molecule has 0 radical (unpaired) electrons. The van der Waals surface area contributed by atoms with E-state index in [2.05, 4.69) is 59.2 Å². The standard InChI is InChI=1S/C13H13N.C12H11NO2/c1-14-13-9-5-8-12(10-13)11-6-3-2-4-7-11;1-8-2-3-9-4-5-10(15)6-11(9)12(8)13-7-14/h2-10,14H,1H3;2-7,15H,1H3,(H,13,14). The molecule has 1 amide bonds. The van der Waals surface area contributed by atoms with Gasteiger partial charge in [-0.1, -0.05) is 60.7 Å². The molecule has 4 heteroatoms. The molecule has 0 aliphatic heterocycles. The molecule has 4 aromatic carbocycles. The summed E-state index contributed by atoms with van der Waals surface area (Å²) in [5, 5.41) is 17.0. The summed E-state index contributed by atoms with van der Waals surface area (Å²) in [5.41, 5.74) is 5.37. The lowest BCUT2D eigenvalue weighted by atomic mass is 10.0. The van der Waals surface area contributed by atoms with E-state index in [0.29, 0.717) is 6.41 Å². The Morgan fingerprint density at radius 1 is 0.828 bits per heavy atom. The molecule has 0 aliphatic rings.